The molecule has 8 heavy (non-hydrogen) atoms. The number of hydrogen-bond donors (Lipinski definition) is 0. The summed E-state index contributed by atoms with van der Waals surface area (Å²) < 4.78 is 0. The van der Waals surface area contributed by atoms with Crippen LogP contribution >= 0.6 is 0 Å². The Bertz CT molecular complexity index is 135. The van der Waals surface area contributed by atoms with Crippen LogP contribution in [0.3, 0.4) is 0 Å². The Labute approximate surface area is 70.8 Å². The van der Waals surface area contributed by atoms with Crippen LogP contribution in [0.25, 0.3) is 0 Å². The van der Waals surface area contributed by atoms with Crippen LogP contribution in [0.2, 0.25) is 0 Å². The molecule has 0 saturated heterocycles. The molecule has 0 aromatic heterocycles. The monoisotopic (exact) mass is 117 g/mol. The Morgan fingerprint density at radius 1 is 1.62 bits per heavy atom. The Hall–Kier alpha value is 0.150. The molecule has 2 heteroatoms. The molecule has 0 bridgehead atoms. The van der Waals surface area contributed by atoms with Crippen molar-refractivity contribution in [1.82, 2.24) is 0 Å². The van der Waals surface area contributed by atoms with E-state index in [-0.39, 0.29) is 29.6 Å². The molecule has 0 saturated carbocycles. The Balaban J connectivity index is 0.000000490. The number of allylic oxidation sites excluding steroid dienone is 4. The molecule has 0 spiro atoms. The van der Waals surface area contributed by atoms with Crippen molar-refractivity contribution in [3.63, 3.8) is 0 Å². The summed E-state index contributed by atoms with van der Waals surface area (Å²) in [5.41, 5.74) is 0.875. The predicted octanol–water partition coefficient (Wildman–Crippen LogP) is 0.691. The largest absolute Gasteiger partial charge is 0.298 e. The van der Waals surface area contributed by atoms with Crippen LogP contribution in [0.15, 0.2) is 23.8 Å². The second-order valence-electron chi connectivity index (χ2n) is 1.49. The van der Waals surface area contributed by atoms with Gasteiger partial charge in [0.15, 0.2) is 0 Å². The summed E-state index contributed by atoms with van der Waals surface area (Å²) in [6, 6.07) is 0. The van der Waals surface area contributed by atoms with E-state index < -0.39 is 0 Å². The zero-order valence-corrected chi connectivity index (χ0v) is 6.92. The van der Waals surface area contributed by atoms with Crippen LogP contribution in [0.4, 0.5) is 0 Å². The minimum Gasteiger partial charge on any atom is -0.298 e. The van der Waals surface area contributed by atoms with Gasteiger partial charge < -0.3 is 0 Å². The van der Waals surface area contributed by atoms with Gasteiger partial charge in [-0.3, -0.25) is 4.79 Å². The van der Waals surface area contributed by atoms with E-state index in [1.54, 1.807) is 0 Å². The first-order valence-corrected chi connectivity index (χ1v) is 2.24. The number of rotatable bonds is 1. The first kappa shape index (κ1) is 8.15. The van der Waals surface area contributed by atoms with Gasteiger partial charge in [-0.2, -0.15) is 0 Å². The van der Waals surface area contributed by atoms with Crippen molar-refractivity contribution >= 4 is 35.8 Å². The van der Waals surface area contributed by atoms with E-state index in [0.717, 1.165) is 18.3 Å². The van der Waals surface area contributed by atoms with E-state index >= 15 is 0 Å². The first-order chi connectivity index (χ1) is 3.43. The molecule has 1 aliphatic rings. The molecule has 1 nitrogen and oxygen atoms in total. The minimum atomic E-state index is 0. The summed E-state index contributed by atoms with van der Waals surface area (Å²) in [4.78, 5) is 9.90. The molecule has 0 unspecified atom stereocenters. The van der Waals surface area contributed by atoms with Gasteiger partial charge in [0.1, 0.15) is 6.29 Å². The normalized spacial score (nSPS) is 14.8. The third kappa shape index (κ3) is 1.95. The van der Waals surface area contributed by atoms with E-state index in [1.165, 1.54) is 0 Å². The third-order valence-corrected chi connectivity index (χ3v) is 0.951. The van der Waals surface area contributed by atoms with Gasteiger partial charge in [0, 0.05) is 29.6 Å². The summed E-state index contributed by atoms with van der Waals surface area (Å²) in [6.45, 7) is 0. The standard InChI is InChI=1S/C6H6O.Na/c7-5-6-3-1-2-4-6;/h1-3,5H,4H2;. The van der Waals surface area contributed by atoms with Crippen LogP contribution in [0.1, 0.15) is 6.42 Å². The van der Waals surface area contributed by atoms with E-state index in [0.29, 0.717) is 0 Å². The van der Waals surface area contributed by atoms with Crippen LogP contribution < -0.4 is 0 Å². The Morgan fingerprint density at radius 3 is 2.62 bits per heavy atom. The molecule has 0 aliphatic heterocycles. The molecule has 0 aromatic rings. The van der Waals surface area contributed by atoms with Gasteiger partial charge >= 0.3 is 0 Å². The van der Waals surface area contributed by atoms with Gasteiger partial charge in [0.2, 0.25) is 0 Å². The smallest absolute Gasteiger partial charge is 0.146 e. The van der Waals surface area contributed by atoms with Gasteiger partial charge in [-0.1, -0.05) is 18.2 Å². The molecule has 0 N–H and O–H groups in total. The molecular formula is C6H6NaO. The Kier molecular flexibility index (Phi) is 4.15. The number of aldehydes is 1. The van der Waals surface area contributed by atoms with Gasteiger partial charge in [0.25, 0.3) is 0 Å². The molecule has 0 amide bonds. The number of carbonyl (C=O) groups excluding carboxylic acids is 1. The van der Waals surface area contributed by atoms with E-state index in [9.17, 15) is 4.79 Å². The van der Waals surface area contributed by atoms with Gasteiger partial charge in [-0.15, -0.1) is 0 Å². The van der Waals surface area contributed by atoms with Crippen molar-refractivity contribution in [2.75, 3.05) is 0 Å². The molecule has 0 heterocycles. The number of carbonyl (C=O) groups is 1. The zero-order chi connectivity index (χ0) is 5.11. The van der Waals surface area contributed by atoms with Crippen molar-refractivity contribution in [2.45, 2.75) is 6.42 Å². The van der Waals surface area contributed by atoms with Gasteiger partial charge in [0.05, 0.1) is 0 Å². The molecule has 1 rings (SSSR count). The van der Waals surface area contributed by atoms with Crippen LogP contribution in [-0.4, -0.2) is 35.8 Å². The predicted molar refractivity (Wildman–Crippen MR) is 33.7 cm³/mol. The van der Waals surface area contributed by atoms with Crippen molar-refractivity contribution in [2.24, 2.45) is 0 Å². The maximum absolute atomic E-state index is 9.90. The topological polar surface area (TPSA) is 17.1 Å². The summed E-state index contributed by atoms with van der Waals surface area (Å²) in [7, 11) is 0. The van der Waals surface area contributed by atoms with Gasteiger partial charge in [-0.05, 0) is 12.0 Å². The molecule has 0 fully saturated rings. The summed E-state index contributed by atoms with van der Waals surface area (Å²) >= 11 is 0. The quantitative estimate of drug-likeness (QED) is 0.365. The summed E-state index contributed by atoms with van der Waals surface area (Å²) in [5, 5.41) is 0. The summed E-state index contributed by atoms with van der Waals surface area (Å²) in [6.07, 6.45) is 7.39. The minimum absolute atomic E-state index is 0. The molecule has 37 valence electrons. The van der Waals surface area contributed by atoms with E-state index in [2.05, 4.69) is 0 Å². The maximum Gasteiger partial charge on any atom is 0.146 e. The van der Waals surface area contributed by atoms with Crippen LogP contribution in [-0.2, 0) is 4.79 Å². The van der Waals surface area contributed by atoms with Crippen LogP contribution in [0, 0.1) is 0 Å². The fraction of sp³-hybridized carbons (Fsp3) is 0.167. The Morgan fingerprint density at radius 2 is 2.38 bits per heavy atom. The van der Waals surface area contributed by atoms with Gasteiger partial charge in [-0.25, -0.2) is 0 Å². The van der Waals surface area contributed by atoms with Crippen molar-refractivity contribution < 1.29 is 4.79 Å². The molecule has 0 aromatic carbocycles. The molecular weight excluding hydrogens is 111 g/mol. The average Bonchev–Trinajstić information content (AvgIpc) is 2.14. The second kappa shape index (κ2) is 4.07. The van der Waals surface area contributed by atoms with E-state index in [1.807, 2.05) is 18.2 Å². The summed E-state index contributed by atoms with van der Waals surface area (Å²) in [5.74, 6) is 0. The van der Waals surface area contributed by atoms with E-state index in [4.69, 9.17) is 0 Å². The van der Waals surface area contributed by atoms with Crippen molar-refractivity contribution in [1.29, 1.82) is 0 Å². The molecule has 1 aliphatic carbocycles. The number of hydrogen-bond acceptors (Lipinski definition) is 1. The first-order valence-electron chi connectivity index (χ1n) is 2.24. The van der Waals surface area contributed by atoms with Crippen LogP contribution in [0.5, 0.6) is 0 Å². The van der Waals surface area contributed by atoms with Crippen molar-refractivity contribution in [3.05, 3.63) is 23.8 Å². The maximum atomic E-state index is 9.90. The fourth-order valence-electron chi connectivity index (χ4n) is 0.551. The average molecular weight is 117 g/mol. The third-order valence-electron chi connectivity index (χ3n) is 0.951. The zero-order valence-electron chi connectivity index (χ0n) is 4.92. The molecule has 1 radical (unpaired) electrons. The second-order valence-corrected chi connectivity index (χ2v) is 1.49. The SMILES string of the molecule is O=CC1=CC=CC1.[Na]. The molecule has 0 atom stereocenters. The fourth-order valence-corrected chi connectivity index (χ4v) is 0.551. The van der Waals surface area contributed by atoms with Crippen molar-refractivity contribution in [3.8, 4) is 0 Å².